The second kappa shape index (κ2) is 7.09. The highest BCUT2D eigenvalue weighted by Gasteiger charge is 2.14. The van der Waals surface area contributed by atoms with Gasteiger partial charge in [0.2, 0.25) is 12.1 Å². The second-order valence-electron chi connectivity index (χ2n) is 5.01. The minimum Gasteiger partial charge on any atom is -0.324 e. The van der Waals surface area contributed by atoms with Crippen LogP contribution in [0, 0.1) is 13.8 Å². The van der Waals surface area contributed by atoms with Gasteiger partial charge in [-0.15, -0.1) is 0 Å². The predicted octanol–water partition coefficient (Wildman–Crippen LogP) is 3.23. The smallest absolute Gasteiger partial charge is 0.324 e. The molecule has 1 aromatic carbocycles. The second-order valence-corrected chi connectivity index (χ2v) is 6.58. The van der Waals surface area contributed by atoms with Crippen LogP contribution in [0.2, 0.25) is 0 Å². The van der Waals surface area contributed by atoms with Gasteiger partial charge in [0.15, 0.2) is 0 Å². The van der Waals surface area contributed by atoms with Crippen molar-refractivity contribution in [2.24, 2.45) is 0 Å². The number of carbonyl (C=O) groups excluding carboxylic acids is 1. The molecule has 1 heterocycles. The van der Waals surface area contributed by atoms with Crippen molar-refractivity contribution < 1.29 is 9.36 Å². The van der Waals surface area contributed by atoms with Crippen LogP contribution in [0.5, 0.6) is 0 Å². The fourth-order valence-electron chi connectivity index (χ4n) is 1.87. The number of aromatic nitrogens is 2. The summed E-state index contributed by atoms with van der Waals surface area (Å²) in [5.74, 6) is 0.244. The molecule has 7 heteroatoms. The van der Waals surface area contributed by atoms with Crippen molar-refractivity contribution in [3.63, 3.8) is 0 Å². The number of rotatable bonds is 5. The first-order chi connectivity index (χ1) is 10.4. The minimum atomic E-state index is -1.49. The largest absolute Gasteiger partial charge is 0.345 e. The zero-order chi connectivity index (χ0) is 16.1. The van der Waals surface area contributed by atoms with Crippen LogP contribution < -0.4 is 10.6 Å². The minimum absolute atomic E-state index is 0.0208. The van der Waals surface area contributed by atoms with E-state index in [9.17, 15) is 9.36 Å². The summed E-state index contributed by atoms with van der Waals surface area (Å²) >= 11 is 0. The molecule has 0 saturated carbocycles. The zero-order valence-corrected chi connectivity index (χ0v) is 13.6. The number of anilines is 3. The van der Waals surface area contributed by atoms with Crippen LogP contribution >= 0.6 is 7.80 Å². The van der Waals surface area contributed by atoms with Gasteiger partial charge in [0.05, 0.1) is 0 Å². The van der Waals surface area contributed by atoms with Crippen LogP contribution in [0.4, 0.5) is 17.3 Å². The number of carbonyl (C=O) groups is 1. The van der Waals surface area contributed by atoms with Crippen molar-refractivity contribution >= 4 is 31.0 Å². The average molecular weight is 317 g/mol. The number of nitrogens with one attached hydrogen (secondary N) is 2. The Kier molecular flexibility index (Phi) is 5.17. The Morgan fingerprint density at radius 1 is 1.27 bits per heavy atom. The molecule has 0 aliphatic rings. The van der Waals surface area contributed by atoms with Crippen molar-refractivity contribution in [3.05, 3.63) is 41.7 Å². The summed E-state index contributed by atoms with van der Waals surface area (Å²) in [6, 6.07) is 7.32. The summed E-state index contributed by atoms with van der Waals surface area (Å²) in [5, 5.41) is 5.87. The lowest BCUT2D eigenvalue weighted by atomic mass is 10.2. The molecule has 0 spiro atoms. The number of aryl methyl sites for hydroxylation is 2. The Morgan fingerprint density at radius 3 is 2.73 bits per heavy atom. The van der Waals surface area contributed by atoms with Gasteiger partial charge in [-0.3, -0.25) is 4.79 Å². The summed E-state index contributed by atoms with van der Waals surface area (Å²) in [4.78, 5) is 20.1. The third-order valence-corrected chi connectivity index (χ3v) is 3.66. The maximum atomic E-state index is 11.7. The first-order valence-corrected chi connectivity index (χ1v) is 8.68. The third kappa shape index (κ3) is 4.60. The van der Waals surface area contributed by atoms with E-state index in [0.717, 1.165) is 16.9 Å². The first kappa shape index (κ1) is 16.0. The van der Waals surface area contributed by atoms with Crippen LogP contribution in [0.25, 0.3) is 0 Å². The van der Waals surface area contributed by atoms with E-state index < -0.39 is 7.80 Å². The Hall–Kier alpha value is -2.33. The standard InChI is InChI=1S/C15H17N4O2P/c1-10-4-5-12(18-14(20)9-22(3)21)8-13(10)19-15-16-7-6-11(2)17-15/h4-8H,9H2,1-3H3,(H-,16,17,18,19,20)/p+1. The lowest BCUT2D eigenvalue weighted by Crippen LogP contribution is -2.14. The maximum Gasteiger partial charge on any atom is 0.345 e. The lowest BCUT2D eigenvalue weighted by molar-refractivity contribution is -0.113. The molecule has 1 atom stereocenters. The Labute approximate surface area is 130 Å². The van der Waals surface area contributed by atoms with Gasteiger partial charge in [-0.1, -0.05) is 10.6 Å². The molecule has 0 radical (unpaired) electrons. The highest BCUT2D eigenvalue weighted by Crippen LogP contribution is 2.23. The molecule has 2 rings (SSSR count). The van der Waals surface area contributed by atoms with Crippen LogP contribution in [-0.2, 0) is 9.36 Å². The SMILES string of the molecule is Cc1ccnc(Nc2cc(NC(=O)C[P+](C)=O)ccc2C)n1. The summed E-state index contributed by atoms with van der Waals surface area (Å²) in [5.41, 5.74) is 3.32. The molecule has 0 aliphatic heterocycles. The summed E-state index contributed by atoms with van der Waals surface area (Å²) in [7, 11) is -1.49. The van der Waals surface area contributed by atoms with Gasteiger partial charge in [-0.2, -0.15) is 0 Å². The van der Waals surface area contributed by atoms with Gasteiger partial charge in [-0.05, 0) is 37.6 Å². The van der Waals surface area contributed by atoms with Crippen LogP contribution in [0.1, 0.15) is 11.3 Å². The van der Waals surface area contributed by atoms with Crippen molar-refractivity contribution in [3.8, 4) is 0 Å². The van der Waals surface area contributed by atoms with E-state index in [1.165, 1.54) is 6.66 Å². The molecule has 1 unspecified atom stereocenters. The highest BCUT2D eigenvalue weighted by atomic mass is 31.1. The molecule has 22 heavy (non-hydrogen) atoms. The quantitative estimate of drug-likeness (QED) is 0.827. The Bertz CT molecular complexity index is 718. The maximum absolute atomic E-state index is 11.7. The summed E-state index contributed by atoms with van der Waals surface area (Å²) in [6.45, 7) is 5.38. The van der Waals surface area contributed by atoms with Crippen molar-refractivity contribution in [1.82, 2.24) is 9.97 Å². The molecule has 114 valence electrons. The molecular formula is C15H18N4O2P+. The Morgan fingerprint density at radius 2 is 2.05 bits per heavy atom. The number of benzene rings is 1. The fourth-order valence-corrected chi connectivity index (χ4v) is 2.35. The van der Waals surface area contributed by atoms with Gasteiger partial charge in [0.1, 0.15) is 6.66 Å². The van der Waals surface area contributed by atoms with Gasteiger partial charge in [0, 0.05) is 23.3 Å². The number of hydrogen-bond acceptors (Lipinski definition) is 5. The molecule has 0 saturated heterocycles. The van der Waals surface area contributed by atoms with Crippen LogP contribution in [0.15, 0.2) is 30.5 Å². The molecule has 2 N–H and O–H groups in total. The molecule has 6 nitrogen and oxygen atoms in total. The van der Waals surface area contributed by atoms with Gasteiger partial charge >= 0.3 is 7.80 Å². The predicted molar refractivity (Wildman–Crippen MR) is 88.3 cm³/mol. The van der Waals surface area contributed by atoms with E-state index >= 15 is 0 Å². The monoisotopic (exact) mass is 317 g/mol. The van der Waals surface area contributed by atoms with Crippen molar-refractivity contribution in [2.45, 2.75) is 13.8 Å². The number of amides is 1. The molecule has 0 aliphatic carbocycles. The molecule has 2 aromatic rings. The molecule has 0 fully saturated rings. The summed E-state index contributed by atoms with van der Waals surface area (Å²) in [6.07, 6.45) is 1.70. The van der Waals surface area contributed by atoms with Crippen molar-refractivity contribution in [2.75, 3.05) is 23.5 Å². The lowest BCUT2D eigenvalue weighted by Gasteiger charge is -2.11. The number of hydrogen-bond donors (Lipinski definition) is 2. The van der Waals surface area contributed by atoms with E-state index in [2.05, 4.69) is 20.6 Å². The van der Waals surface area contributed by atoms with E-state index in [0.29, 0.717) is 11.6 Å². The van der Waals surface area contributed by atoms with Gasteiger partial charge in [-0.25, -0.2) is 9.97 Å². The molecular weight excluding hydrogens is 299 g/mol. The fraction of sp³-hybridized carbons (Fsp3) is 0.267. The Balaban J connectivity index is 2.16. The normalized spacial score (nSPS) is 11.0. The average Bonchev–Trinajstić information content (AvgIpc) is 2.41. The first-order valence-electron chi connectivity index (χ1n) is 6.79. The van der Waals surface area contributed by atoms with Crippen LogP contribution in [-0.4, -0.2) is 28.7 Å². The summed E-state index contributed by atoms with van der Waals surface area (Å²) < 4.78 is 11.1. The van der Waals surface area contributed by atoms with E-state index in [4.69, 9.17) is 0 Å². The van der Waals surface area contributed by atoms with Gasteiger partial charge in [0.25, 0.3) is 5.91 Å². The third-order valence-electron chi connectivity index (χ3n) is 2.93. The molecule has 0 bridgehead atoms. The molecule has 1 amide bonds. The van der Waals surface area contributed by atoms with Crippen LogP contribution in [0.3, 0.4) is 0 Å². The van der Waals surface area contributed by atoms with Gasteiger partial charge < -0.3 is 10.6 Å². The highest BCUT2D eigenvalue weighted by molar-refractivity contribution is 7.44. The van der Waals surface area contributed by atoms with E-state index in [1.807, 2.05) is 32.0 Å². The zero-order valence-electron chi connectivity index (χ0n) is 12.8. The van der Waals surface area contributed by atoms with E-state index in [1.54, 1.807) is 12.3 Å². The van der Waals surface area contributed by atoms with Crippen molar-refractivity contribution in [1.29, 1.82) is 0 Å². The topological polar surface area (TPSA) is 84.0 Å². The number of nitrogens with zero attached hydrogens (tertiary/aromatic N) is 2. The molecule has 1 aromatic heterocycles. The van der Waals surface area contributed by atoms with E-state index in [-0.39, 0.29) is 12.1 Å².